The molecule has 0 saturated carbocycles. The Morgan fingerprint density at radius 1 is 0.906 bits per heavy atom. The molecule has 1 atom stereocenters. The number of methoxy groups -OCH3 is 2. The van der Waals surface area contributed by atoms with Gasteiger partial charge in [-0.3, -0.25) is 0 Å². The fraction of sp³-hybridized carbons (Fsp3) is 0.192. The number of H-pyrrole nitrogens is 1. The van der Waals surface area contributed by atoms with E-state index in [-0.39, 0.29) is 11.9 Å². The van der Waals surface area contributed by atoms with E-state index in [0.717, 1.165) is 27.6 Å². The highest BCUT2D eigenvalue weighted by Gasteiger charge is 2.21. The van der Waals surface area contributed by atoms with Crippen molar-refractivity contribution in [1.29, 1.82) is 0 Å². The van der Waals surface area contributed by atoms with Gasteiger partial charge in [-0.1, -0.05) is 54.6 Å². The van der Waals surface area contributed by atoms with Gasteiger partial charge in [0.05, 0.1) is 14.2 Å². The van der Waals surface area contributed by atoms with Gasteiger partial charge in [0.2, 0.25) is 0 Å². The number of amides is 2. The van der Waals surface area contributed by atoms with Crippen LogP contribution in [0.2, 0.25) is 0 Å². The molecule has 4 rings (SSSR count). The summed E-state index contributed by atoms with van der Waals surface area (Å²) < 4.78 is 10.9. The van der Waals surface area contributed by atoms with E-state index in [2.05, 4.69) is 21.7 Å². The number of fused-ring (bicyclic) bond motifs is 1. The average Bonchev–Trinajstić information content (AvgIpc) is 3.27. The van der Waals surface area contributed by atoms with Crippen molar-refractivity contribution in [2.45, 2.75) is 12.5 Å². The zero-order chi connectivity index (χ0) is 22.3. The highest BCUT2D eigenvalue weighted by molar-refractivity contribution is 5.84. The van der Waals surface area contributed by atoms with Crippen molar-refractivity contribution in [3.8, 4) is 11.5 Å². The number of benzene rings is 3. The molecule has 1 heterocycles. The van der Waals surface area contributed by atoms with Gasteiger partial charge < -0.3 is 25.1 Å². The molecule has 4 aromatic rings. The van der Waals surface area contributed by atoms with Crippen molar-refractivity contribution in [3.63, 3.8) is 0 Å². The fourth-order valence-corrected chi connectivity index (χ4v) is 3.89. The minimum atomic E-state index is -0.209. The molecule has 0 aliphatic rings. The van der Waals surface area contributed by atoms with Crippen molar-refractivity contribution < 1.29 is 14.3 Å². The molecule has 6 nitrogen and oxygen atoms in total. The lowest BCUT2D eigenvalue weighted by Crippen LogP contribution is -2.37. The second kappa shape index (κ2) is 9.92. The normalized spacial score (nSPS) is 11.7. The third-order valence-electron chi connectivity index (χ3n) is 5.57. The standard InChI is InChI=1S/C26H27N3O3/c1-31-24-13-12-19(14-25(24)32-2)21(22-17-27-23-11-7-6-10-20(22)23)16-29-26(30)28-15-18-8-4-3-5-9-18/h3-14,17,21,27H,15-16H2,1-2H3,(H2,28,29,30)/t21-/m0/s1. The first kappa shape index (κ1) is 21.3. The molecule has 164 valence electrons. The number of para-hydroxylation sites is 1. The molecule has 2 amide bonds. The molecule has 0 aliphatic heterocycles. The van der Waals surface area contributed by atoms with Crippen molar-refractivity contribution in [2.24, 2.45) is 0 Å². The van der Waals surface area contributed by atoms with E-state index in [1.807, 2.05) is 72.9 Å². The Morgan fingerprint density at radius 3 is 2.44 bits per heavy atom. The zero-order valence-electron chi connectivity index (χ0n) is 18.2. The molecule has 32 heavy (non-hydrogen) atoms. The molecule has 3 N–H and O–H groups in total. The van der Waals surface area contributed by atoms with Crippen LogP contribution in [0.15, 0.2) is 79.0 Å². The highest BCUT2D eigenvalue weighted by atomic mass is 16.5. The lowest BCUT2D eigenvalue weighted by Gasteiger charge is -2.20. The first-order valence-corrected chi connectivity index (χ1v) is 10.5. The van der Waals surface area contributed by atoms with Crippen LogP contribution in [0, 0.1) is 0 Å². The summed E-state index contributed by atoms with van der Waals surface area (Å²) in [6.07, 6.45) is 2.01. The van der Waals surface area contributed by atoms with Gasteiger partial charge in [-0.15, -0.1) is 0 Å². The minimum Gasteiger partial charge on any atom is -0.493 e. The van der Waals surface area contributed by atoms with Crippen molar-refractivity contribution >= 4 is 16.9 Å². The largest absolute Gasteiger partial charge is 0.493 e. The average molecular weight is 430 g/mol. The van der Waals surface area contributed by atoms with Gasteiger partial charge in [0.1, 0.15) is 0 Å². The zero-order valence-corrected chi connectivity index (χ0v) is 18.2. The first-order valence-electron chi connectivity index (χ1n) is 10.5. The minimum absolute atomic E-state index is 0.0755. The maximum atomic E-state index is 12.5. The number of nitrogens with one attached hydrogen (secondary N) is 3. The summed E-state index contributed by atoms with van der Waals surface area (Å²) in [6.45, 7) is 0.902. The molecule has 0 unspecified atom stereocenters. The van der Waals surface area contributed by atoms with Crippen LogP contribution < -0.4 is 20.1 Å². The molecule has 0 aliphatic carbocycles. The van der Waals surface area contributed by atoms with E-state index < -0.39 is 0 Å². The second-order valence-electron chi connectivity index (χ2n) is 7.51. The summed E-state index contributed by atoms with van der Waals surface area (Å²) in [6, 6.07) is 23.7. The van der Waals surface area contributed by atoms with Gasteiger partial charge in [0.25, 0.3) is 0 Å². The number of ether oxygens (including phenoxy) is 2. The maximum Gasteiger partial charge on any atom is 0.315 e. The van der Waals surface area contributed by atoms with Crippen molar-refractivity contribution in [1.82, 2.24) is 15.6 Å². The molecule has 3 aromatic carbocycles. The van der Waals surface area contributed by atoms with Crippen LogP contribution in [-0.2, 0) is 6.54 Å². The lowest BCUT2D eigenvalue weighted by atomic mass is 9.90. The Balaban J connectivity index is 1.57. The van der Waals surface area contributed by atoms with Crippen LogP contribution in [-0.4, -0.2) is 31.8 Å². The summed E-state index contributed by atoms with van der Waals surface area (Å²) >= 11 is 0. The maximum absolute atomic E-state index is 12.5. The topological polar surface area (TPSA) is 75.4 Å². The summed E-state index contributed by atoms with van der Waals surface area (Å²) in [5.41, 5.74) is 4.24. The van der Waals surface area contributed by atoms with E-state index in [9.17, 15) is 4.79 Å². The Bertz CT molecular complexity index is 1190. The SMILES string of the molecule is COc1ccc([C@H](CNC(=O)NCc2ccccc2)c2c[nH]c3ccccc23)cc1OC. The van der Waals surface area contributed by atoms with Crippen molar-refractivity contribution in [3.05, 3.63) is 95.7 Å². The van der Waals surface area contributed by atoms with Crippen LogP contribution >= 0.6 is 0 Å². The van der Waals surface area contributed by atoms with Gasteiger partial charge in [0, 0.05) is 36.1 Å². The van der Waals surface area contributed by atoms with Crippen LogP contribution in [0.5, 0.6) is 11.5 Å². The second-order valence-corrected chi connectivity index (χ2v) is 7.51. The van der Waals surface area contributed by atoms with Crippen LogP contribution in [0.3, 0.4) is 0 Å². The number of rotatable bonds is 8. The molecule has 0 radical (unpaired) electrons. The molecule has 0 spiro atoms. The van der Waals surface area contributed by atoms with E-state index >= 15 is 0 Å². The number of hydrogen-bond acceptors (Lipinski definition) is 3. The van der Waals surface area contributed by atoms with Gasteiger partial charge >= 0.3 is 6.03 Å². The van der Waals surface area contributed by atoms with E-state index in [0.29, 0.717) is 24.6 Å². The summed E-state index contributed by atoms with van der Waals surface area (Å²) in [5.74, 6) is 1.25. The smallest absolute Gasteiger partial charge is 0.315 e. The number of hydrogen-bond donors (Lipinski definition) is 3. The number of aromatic nitrogens is 1. The third-order valence-corrected chi connectivity index (χ3v) is 5.57. The van der Waals surface area contributed by atoms with Crippen LogP contribution in [0.1, 0.15) is 22.6 Å². The molecular formula is C26H27N3O3. The third kappa shape index (κ3) is 4.70. The molecule has 0 bridgehead atoms. The van der Waals surface area contributed by atoms with Gasteiger partial charge in [0.15, 0.2) is 11.5 Å². The Morgan fingerprint density at radius 2 is 1.66 bits per heavy atom. The molecule has 0 fully saturated rings. The van der Waals surface area contributed by atoms with Gasteiger partial charge in [-0.05, 0) is 34.9 Å². The van der Waals surface area contributed by atoms with Gasteiger partial charge in [-0.2, -0.15) is 0 Å². The summed E-state index contributed by atoms with van der Waals surface area (Å²) in [7, 11) is 3.24. The Labute approximate surface area is 187 Å². The monoisotopic (exact) mass is 429 g/mol. The number of carbonyl (C=O) groups excluding carboxylic acids is 1. The summed E-state index contributed by atoms with van der Waals surface area (Å²) in [5, 5.41) is 7.08. The summed E-state index contributed by atoms with van der Waals surface area (Å²) in [4.78, 5) is 15.9. The van der Waals surface area contributed by atoms with Crippen LogP contribution in [0.4, 0.5) is 4.79 Å². The highest BCUT2D eigenvalue weighted by Crippen LogP contribution is 2.35. The van der Waals surface area contributed by atoms with E-state index in [1.165, 1.54) is 0 Å². The molecule has 0 saturated heterocycles. The fourth-order valence-electron chi connectivity index (χ4n) is 3.89. The number of carbonyl (C=O) groups is 1. The number of aromatic amines is 1. The van der Waals surface area contributed by atoms with E-state index in [4.69, 9.17) is 9.47 Å². The molecule has 6 heteroatoms. The lowest BCUT2D eigenvalue weighted by molar-refractivity contribution is 0.240. The molecular weight excluding hydrogens is 402 g/mol. The molecule has 1 aromatic heterocycles. The quantitative estimate of drug-likeness (QED) is 0.376. The van der Waals surface area contributed by atoms with E-state index in [1.54, 1.807) is 14.2 Å². The predicted octanol–water partition coefficient (Wildman–Crippen LogP) is 4.82. The Hall–Kier alpha value is -3.93. The van der Waals surface area contributed by atoms with Crippen LogP contribution in [0.25, 0.3) is 10.9 Å². The van der Waals surface area contributed by atoms with Gasteiger partial charge in [-0.25, -0.2) is 4.79 Å². The predicted molar refractivity (Wildman–Crippen MR) is 126 cm³/mol. The first-order chi connectivity index (χ1) is 15.7. The Kier molecular flexibility index (Phi) is 6.60. The van der Waals surface area contributed by atoms with Crippen molar-refractivity contribution in [2.75, 3.05) is 20.8 Å². The number of urea groups is 1.